The maximum absolute atomic E-state index is 12.8. The van der Waals surface area contributed by atoms with Gasteiger partial charge in [0.25, 0.3) is 5.56 Å². The molecule has 0 aliphatic rings. The van der Waals surface area contributed by atoms with Crippen molar-refractivity contribution in [1.82, 2.24) is 9.55 Å². The van der Waals surface area contributed by atoms with Gasteiger partial charge in [0.05, 0.1) is 11.3 Å². The van der Waals surface area contributed by atoms with Crippen LogP contribution in [0.5, 0.6) is 11.5 Å². The molecule has 0 amide bonds. The fourth-order valence-corrected chi connectivity index (χ4v) is 2.76. The number of alkyl halides is 3. The Labute approximate surface area is 162 Å². The molecule has 0 saturated heterocycles. The third kappa shape index (κ3) is 3.91. The van der Waals surface area contributed by atoms with E-state index in [0.717, 1.165) is 5.56 Å². The highest BCUT2D eigenvalue weighted by Gasteiger charge is 2.33. The minimum absolute atomic E-state index is 0.00700. The third-order valence-corrected chi connectivity index (χ3v) is 4.21. The molecule has 0 fully saturated rings. The van der Waals surface area contributed by atoms with Gasteiger partial charge in [-0.05, 0) is 37.1 Å². The lowest BCUT2D eigenvalue weighted by atomic mass is 10.1. The quantitative estimate of drug-likeness (QED) is 0.723. The lowest BCUT2D eigenvalue weighted by Gasteiger charge is -2.15. The second kappa shape index (κ2) is 7.31. The van der Waals surface area contributed by atoms with E-state index in [1.807, 2.05) is 6.07 Å². The van der Waals surface area contributed by atoms with Crippen molar-refractivity contribution in [2.24, 2.45) is 0 Å². The first-order valence-corrected chi connectivity index (χ1v) is 8.34. The van der Waals surface area contributed by atoms with Gasteiger partial charge in [-0.15, -0.1) is 0 Å². The molecule has 0 radical (unpaired) electrons. The van der Waals surface area contributed by atoms with Gasteiger partial charge in [0, 0.05) is 12.1 Å². The second-order valence-electron chi connectivity index (χ2n) is 6.27. The number of aromatic nitrogens is 2. The smallest absolute Gasteiger partial charge is 0.431 e. The average Bonchev–Trinajstić information content (AvgIpc) is 2.64. The van der Waals surface area contributed by atoms with E-state index in [4.69, 9.17) is 4.74 Å². The molecule has 0 aliphatic carbocycles. The number of hydrogen-bond donors (Lipinski definition) is 1. The standard InChI is InChI=1S/C20H14F3N3O3/c1-11-5-3-4-6-15(11)29-16-8-14(12(2)7-13(16)10-24)26-18(27)9-17(20(21,22)23)25-19(26)28/h3-9H,1-2H3,(H,25,28). The highest BCUT2D eigenvalue weighted by molar-refractivity contribution is 5.56. The van der Waals surface area contributed by atoms with Crippen molar-refractivity contribution in [3.63, 3.8) is 0 Å². The zero-order valence-corrected chi connectivity index (χ0v) is 15.3. The molecule has 9 heteroatoms. The first-order chi connectivity index (χ1) is 13.6. The van der Waals surface area contributed by atoms with Crippen LogP contribution in [-0.4, -0.2) is 9.55 Å². The minimum atomic E-state index is -4.86. The highest BCUT2D eigenvalue weighted by Crippen LogP contribution is 2.31. The molecule has 2 aromatic carbocycles. The molecule has 0 aliphatic heterocycles. The normalized spacial score (nSPS) is 11.2. The lowest BCUT2D eigenvalue weighted by molar-refractivity contribution is -0.141. The van der Waals surface area contributed by atoms with Crippen molar-refractivity contribution in [3.05, 3.63) is 85.7 Å². The van der Waals surface area contributed by atoms with Crippen molar-refractivity contribution < 1.29 is 17.9 Å². The molecule has 1 N–H and O–H groups in total. The predicted molar refractivity (Wildman–Crippen MR) is 98.4 cm³/mol. The summed E-state index contributed by atoms with van der Waals surface area (Å²) >= 11 is 0. The largest absolute Gasteiger partial charge is 0.456 e. The molecule has 148 valence electrons. The second-order valence-corrected chi connectivity index (χ2v) is 6.27. The number of nitrogens with zero attached hydrogens (tertiary/aromatic N) is 2. The number of nitrogens with one attached hydrogen (secondary N) is 1. The Morgan fingerprint density at radius 3 is 2.31 bits per heavy atom. The number of rotatable bonds is 3. The van der Waals surface area contributed by atoms with Crippen molar-refractivity contribution >= 4 is 0 Å². The number of H-pyrrole nitrogens is 1. The van der Waals surface area contributed by atoms with Crippen LogP contribution in [0.2, 0.25) is 0 Å². The van der Waals surface area contributed by atoms with E-state index >= 15 is 0 Å². The molecule has 0 atom stereocenters. The van der Waals surface area contributed by atoms with Crippen molar-refractivity contribution in [2.75, 3.05) is 0 Å². The molecule has 1 heterocycles. The van der Waals surface area contributed by atoms with Gasteiger partial charge >= 0.3 is 11.9 Å². The number of aromatic amines is 1. The Morgan fingerprint density at radius 2 is 1.72 bits per heavy atom. The monoisotopic (exact) mass is 401 g/mol. The summed E-state index contributed by atoms with van der Waals surface area (Å²) in [7, 11) is 0. The average molecular weight is 401 g/mol. The van der Waals surface area contributed by atoms with Crippen LogP contribution in [0, 0.1) is 25.2 Å². The maximum atomic E-state index is 12.8. The van der Waals surface area contributed by atoms with E-state index in [1.165, 1.54) is 19.1 Å². The van der Waals surface area contributed by atoms with Crippen molar-refractivity contribution in [2.45, 2.75) is 20.0 Å². The van der Waals surface area contributed by atoms with Crippen LogP contribution in [0.25, 0.3) is 5.69 Å². The first kappa shape index (κ1) is 19.9. The number of para-hydroxylation sites is 1. The van der Waals surface area contributed by atoms with E-state index in [9.17, 15) is 28.0 Å². The molecular formula is C20H14F3N3O3. The summed E-state index contributed by atoms with van der Waals surface area (Å²) in [5, 5.41) is 9.40. The molecule has 1 aromatic heterocycles. The molecule has 0 spiro atoms. The molecule has 0 saturated carbocycles. The van der Waals surface area contributed by atoms with Gasteiger partial charge in [-0.1, -0.05) is 18.2 Å². The maximum Gasteiger partial charge on any atom is 0.431 e. The van der Waals surface area contributed by atoms with Crippen LogP contribution in [-0.2, 0) is 6.18 Å². The van der Waals surface area contributed by atoms with Gasteiger partial charge in [-0.3, -0.25) is 4.79 Å². The Morgan fingerprint density at radius 1 is 1.03 bits per heavy atom. The SMILES string of the molecule is Cc1ccccc1Oc1cc(-n2c(=O)cc(C(F)(F)F)[nH]c2=O)c(C)cc1C#N. The van der Waals surface area contributed by atoms with E-state index in [0.29, 0.717) is 21.9 Å². The van der Waals surface area contributed by atoms with Gasteiger partial charge in [-0.2, -0.15) is 18.4 Å². The summed E-state index contributed by atoms with van der Waals surface area (Å²) < 4.78 is 44.8. The minimum Gasteiger partial charge on any atom is -0.456 e. The Hall–Kier alpha value is -3.80. The summed E-state index contributed by atoms with van der Waals surface area (Å²) in [5.41, 5.74) is -2.57. The van der Waals surface area contributed by atoms with Gasteiger partial charge in [0.1, 0.15) is 23.3 Å². The lowest BCUT2D eigenvalue weighted by Crippen LogP contribution is -2.36. The molecule has 6 nitrogen and oxygen atoms in total. The number of benzene rings is 2. The van der Waals surface area contributed by atoms with Crippen LogP contribution >= 0.6 is 0 Å². The highest BCUT2D eigenvalue weighted by atomic mass is 19.4. The van der Waals surface area contributed by atoms with E-state index in [2.05, 4.69) is 0 Å². The van der Waals surface area contributed by atoms with Crippen LogP contribution in [0.15, 0.2) is 52.1 Å². The summed E-state index contributed by atoms with van der Waals surface area (Å²) in [6.45, 7) is 3.32. The summed E-state index contributed by atoms with van der Waals surface area (Å²) in [5.74, 6) is 0.515. The number of hydrogen-bond acceptors (Lipinski definition) is 4. The van der Waals surface area contributed by atoms with Crippen LogP contribution in [0.1, 0.15) is 22.4 Å². The molecule has 3 aromatic rings. The third-order valence-electron chi connectivity index (χ3n) is 4.21. The van der Waals surface area contributed by atoms with E-state index < -0.39 is 23.1 Å². The molecular weight excluding hydrogens is 387 g/mol. The summed E-state index contributed by atoms with van der Waals surface area (Å²) in [4.78, 5) is 26.2. The van der Waals surface area contributed by atoms with Crippen LogP contribution in [0.4, 0.5) is 13.2 Å². The van der Waals surface area contributed by atoms with Crippen molar-refractivity contribution in [1.29, 1.82) is 5.26 Å². The molecule has 0 unspecified atom stereocenters. The number of nitriles is 1. The van der Waals surface area contributed by atoms with Crippen molar-refractivity contribution in [3.8, 4) is 23.3 Å². The summed E-state index contributed by atoms with van der Waals surface area (Å²) in [6, 6.07) is 11.9. The Kier molecular flexibility index (Phi) is 5.03. The van der Waals surface area contributed by atoms with Crippen LogP contribution < -0.4 is 16.0 Å². The van der Waals surface area contributed by atoms with Gasteiger partial charge in [0.15, 0.2) is 0 Å². The van der Waals surface area contributed by atoms with Gasteiger partial charge < -0.3 is 9.72 Å². The van der Waals surface area contributed by atoms with Gasteiger partial charge in [0.2, 0.25) is 0 Å². The number of halogens is 3. The predicted octanol–water partition coefficient (Wildman–Crippen LogP) is 3.83. The van der Waals surface area contributed by atoms with E-state index in [-0.39, 0.29) is 17.0 Å². The summed E-state index contributed by atoms with van der Waals surface area (Å²) in [6.07, 6.45) is -4.86. The van der Waals surface area contributed by atoms with E-state index in [1.54, 1.807) is 36.2 Å². The molecule has 29 heavy (non-hydrogen) atoms. The first-order valence-electron chi connectivity index (χ1n) is 8.34. The zero-order chi connectivity index (χ0) is 21.3. The Balaban J connectivity index is 2.20. The van der Waals surface area contributed by atoms with Gasteiger partial charge in [-0.25, -0.2) is 9.36 Å². The molecule has 0 bridgehead atoms. The fourth-order valence-electron chi connectivity index (χ4n) is 2.76. The zero-order valence-electron chi connectivity index (χ0n) is 15.3. The molecule has 3 rings (SSSR count). The topological polar surface area (TPSA) is 87.9 Å². The van der Waals surface area contributed by atoms with Crippen LogP contribution in [0.3, 0.4) is 0 Å². The fraction of sp³-hybridized carbons (Fsp3) is 0.150. The number of aryl methyl sites for hydroxylation is 2. The Bertz CT molecular complexity index is 1220. The number of ether oxygens (including phenoxy) is 1.